The summed E-state index contributed by atoms with van der Waals surface area (Å²) in [5.41, 5.74) is 1.60. The normalized spacial score (nSPS) is 15.5. The van der Waals surface area contributed by atoms with Crippen LogP contribution in [-0.4, -0.2) is 31.7 Å². The van der Waals surface area contributed by atoms with E-state index in [9.17, 15) is 8.42 Å². The molecule has 0 bridgehead atoms. The highest BCUT2D eigenvalue weighted by Crippen LogP contribution is 2.35. The zero-order valence-corrected chi connectivity index (χ0v) is 20.1. The Kier molecular flexibility index (Phi) is 6.54. The van der Waals surface area contributed by atoms with Gasteiger partial charge in [0, 0.05) is 29.1 Å². The van der Waals surface area contributed by atoms with E-state index < -0.39 is 15.1 Å². The second-order valence-electron chi connectivity index (χ2n) is 6.95. The van der Waals surface area contributed by atoms with E-state index in [0.717, 1.165) is 16.4 Å². The lowest BCUT2D eigenvalue weighted by molar-refractivity contribution is 0.529. The Balaban J connectivity index is 1.47. The van der Waals surface area contributed by atoms with Crippen molar-refractivity contribution < 1.29 is 8.42 Å². The average molecular weight is 522 g/mol. The molecule has 0 spiro atoms. The summed E-state index contributed by atoms with van der Waals surface area (Å²) in [6.07, 6.45) is 1.03. The summed E-state index contributed by atoms with van der Waals surface area (Å²) in [6, 6.07) is 9.77. The molecule has 3 aromatic rings. The second kappa shape index (κ2) is 8.85. The fourth-order valence-electron chi connectivity index (χ4n) is 3.43. The molecule has 0 atom stereocenters. The molecule has 2 heterocycles. The lowest BCUT2D eigenvalue weighted by atomic mass is 10.1. The minimum Gasteiger partial charge on any atom is -0.348 e. The van der Waals surface area contributed by atoms with Crippen LogP contribution in [0.2, 0.25) is 20.1 Å². The van der Waals surface area contributed by atoms with Crippen molar-refractivity contribution in [2.45, 2.75) is 23.0 Å². The standard InChI is InChI=1S/C20H16Cl4N2O2S2/c21-12-1-3-15(17(23)9-12)19-11-29-20(25-19)26-7-5-13(6-8-26)30(27,28)14-2-4-16(22)18(24)10-14/h1-4,9-11,13H,5-8H2. The van der Waals surface area contributed by atoms with Crippen molar-refractivity contribution in [2.75, 3.05) is 18.0 Å². The monoisotopic (exact) mass is 520 g/mol. The first kappa shape index (κ1) is 22.2. The molecule has 0 amide bonds. The van der Waals surface area contributed by atoms with Crippen LogP contribution in [-0.2, 0) is 9.84 Å². The summed E-state index contributed by atoms with van der Waals surface area (Å²) >= 11 is 25.7. The van der Waals surface area contributed by atoms with Crippen LogP contribution < -0.4 is 4.90 Å². The van der Waals surface area contributed by atoms with E-state index in [4.69, 9.17) is 51.4 Å². The Hall–Kier alpha value is -1.02. The van der Waals surface area contributed by atoms with Crippen LogP contribution in [0.1, 0.15) is 12.8 Å². The van der Waals surface area contributed by atoms with E-state index in [2.05, 4.69) is 4.90 Å². The molecule has 0 radical (unpaired) electrons. The average Bonchev–Trinajstić information content (AvgIpc) is 3.20. The van der Waals surface area contributed by atoms with Crippen LogP contribution in [0, 0.1) is 0 Å². The number of halogens is 4. The summed E-state index contributed by atoms with van der Waals surface area (Å²) in [5, 5.41) is 4.04. The third-order valence-corrected chi connectivity index (χ3v) is 9.52. The smallest absolute Gasteiger partial charge is 0.185 e. The molecule has 0 saturated carbocycles. The molecular formula is C20H16Cl4N2O2S2. The van der Waals surface area contributed by atoms with Gasteiger partial charge in [-0.15, -0.1) is 11.3 Å². The zero-order chi connectivity index (χ0) is 21.5. The Labute approximate surface area is 199 Å². The van der Waals surface area contributed by atoms with E-state index in [1.807, 2.05) is 11.4 Å². The number of hydrogen-bond donors (Lipinski definition) is 0. The van der Waals surface area contributed by atoms with Gasteiger partial charge < -0.3 is 4.90 Å². The van der Waals surface area contributed by atoms with Gasteiger partial charge in [-0.3, -0.25) is 0 Å². The Morgan fingerprint density at radius 3 is 2.33 bits per heavy atom. The van der Waals surface area contributed by atoms with E-state index in [0.29, 0.717) is 41.0 Å². The van der Waals surface area contributed by atoms with E-state index >= 15 is 0 Å². The van der Waals surface area contributed by atoms with Crippen LogP contribution in [0.5, 0.6) is 0 Å². The molecule has 4 nitrogen and oxygen atoms in total. The van der Waals surface area contributed by atoms with Gasteiger partial charge in [-0.1, -0.05) is 46.4 Å². The Bertz CT molecular complexity index is 1190. The molecule has 4 rings (SSSR count). The predicted octanol–water partition coefficient (Wildman–Crippen LogP) is 6.87. The van der Waals surface area contributed by atoms with E-state index in [-0.39, 0.29) is 9.92 Å². The van der Waals surface area contributed by atoms with Crippen molar-refractivity contribution in [3.63, 3.8) is 0 Å². The van der Waals surface area contributed by atoms with Crippen LogP contribution in [0.15, 0.2) is 46.7 Å². The maximum Gasteiger partial charge on any atom is 0.185 e. The topological polar surface area (TPSA) is 50.3 Å². The fraction of sp³-hybridized carbons (Fsp3) is 0.250. The van der Waals surface area contributed by atoms with Crippen molar-refractivity contribution in [1.29, 1.82) is 0 Å². The van der Waals surface area contributed by atoms with Crippen molar-refractivity contribution in [2.24, 2.45) is 0 Å². The maximum absolute atomic E-state index is 13.0. The summed E-state index contributed by atoms with van der Waals surface area (Å²) in [7, 11) is -3.47. The highest BCUT2D eigenvalue weighted by atomic mass is 35.5. The van der Waals surface area contributed by atoms with Gasteiger partial charge in [-0.05, 0) is 49.2 Å². The highest BCUT2D eigenvalue weighted by Gasteiger charge is 2.32. The Morgan fingerprint density at radius 1 is 0.933 bits per heavy atom. The second-order valence-corrected chi connectivity index (χ2v) is 11.7. The Morgan fingerprint density at radius 2 is 1.67 bits per heavy atom. The maximum atomic E-state index is 13.0. The number of rotatable bonds is 4. The molecule has 10 heteroatoms. The van der Waals surface area contributed by atoms with Crippen LogP contribution in [0.25, 0.3) is 11.3 Å². The summed E-state index contributed by atoms with van der Waals surface area (Å²) in [6.45, 7) is 1.21. The molecule has 2 aromatic carbocycles. The number of sulfone groups is 1. The van der Waals surface area contributed by atoms with Gasteiger partial charge in [-0.25, -0.2) is 13.4 Å². The first-order valence-corrected chi connectivity index (χ1v) is 13.0. The minimum absolute atomic E-state index is 0.212. The molecule has 0 unspecified atom stereocenters. The van der Waals surface area contributed by atoms with Crippen LogP contribution in [0.4, 0.5) is 5.13 Å². The first-order chi connectivity index (χ1) is 14.3. The molecular weight excluding hydrogens is 506 g/mol. The SMILES string of the molecule is O=S(=O)(c1ccc(Cl)c(Cl)c1)C1CCN(c2nc(-c3ccc(Cl)cc3Cl)cs2)CC1. The largest absolute Gasteiger partial charge is 0.348 e. The fourth-order valence-corrected chi connectivity index (χ4v) is 6.94. The number of piperidine rings is 1. The summed E-state index contributed by atoms with van der Waals surface area (Å²) in [5.74, 6) is 0. The van der Waals surface area contributed by atoms with Crippen LogP contribution in [0.3, 0.4) is 0 Å². The first-order valence-electron chi connectivity index (χ1n) is 9.10. The van der Waals surface area contributed by atoms with Crippen molar-refractivity contribution in [1.82, 2.24) is 4.98 Å². The quantitative estimate of drug-likeness (QED) is 0.376. The molecule has 0 aliphatic carbocycles. The molecule has 0 N–H and O–H groups in total. The predicted molar refractivity (Wildman–Crippen MR) is 126 cm³/mol. The number of aromatic nitrogens is 1. The molecule has 30 heavy (non-hydrogen) atoms. The van der Waals surface area contributed by atoms with Gasteiger partial charge in [-0.2, -0.15) is 0 Å². The van der Waals surface area contributed by atoms with Crippen molar-refractivity contribution in [3.8, 4) is 11.3 Å². The summed E-state index contributed by atoms with van der Waals surface area (Å²) < 4.78 is 26.0. The molecule has 1 saturated heterocycles. The van der Waals surface area contributed by atoms with Gasteiger partial charge >= 0.3 is 0 Å². The third-order valence-electron chi connectivity index (χ3n) is 5.07. The summed E-state index contributed by atoms with van der Waals surface area (Å²) in [4.78, 5) is 7.02. The zero-order valence-electron chi connectivity index (χ0n) is 15.5. The van der Waals surface area contributed by atoms with E-state index in [1.165, 1.54) is 29.5 Å². The van der Waals surface area contributed by atoms with Gasteiger partial charge in [0.25, 0.3) is 0 Å². The molecule has 1 aliphatic heterocycles. The molecule has 1 fully saturated rings. The van der Waals surface area contributed by atoms with Gasteiger partial charge in [0.2, 0.25) is 0 Å². The third kappa shape index (κ3) is 4.45. The highest BCUT2D eigenvalue weighted by molar-refractivity contribution is 7.92. The minimum atomic E-state index is -3.47. The number of hydrogen-bond acceptors (Lipinski definition) is 5. The van der Waals surface area contributed by atoms with E-state index in [1.54, 1.807) is 12.1 Å². The molecule has 1 aliphatic rings. The molecule has 1 aromatic heterocycles. The lowest BCUT2D eigenvalue weighted by Crippen LogP contribution is -2.39. The number of thiazole rings is 1. The van der Waals surface area contributed by atoms with Gasteiger partial charge in [0.05, 0.1) is 30.9 Å². The van der Waals surface area contributed by atoms with Crippen LogP contribution >= 0.6 is 57.7 Å². The number of anilines is 1. The van der Waals surface area contributed by atoms with Gasteiger partial charge in [0.1, 0.15) is 0 Å². The van der Waals surface area contributed by atoms with Crippen molar-refractivity contribution >= 4 is 72.7 Å². The lowest BCUT2D eigenvalue weighted by Gasteiger charge is -2.31. The number of nitrogens with zero attached hydrogens (tertiary/aromatic N) is 2. The van der Waals surface area contributed by atoms with Gasteiger partial charge in [0.15, 0.2) is 15.0 Å². The molecule has 158 valence electrons. The van der Waals surface area contributed by atoms with Crippen molar-refractivity contribution in [3.05, 3.63) is 61.9 Å². The number of benzene rings is 2.